The summed E-state index contributed by atoms with van der Waals surface area (Å²) in [5.41, 5.74) is 3.69. The van der Waals surface area contributed by atoms with Crippen molar-refractivity contribution in [1.82, 2.24) is 15.4 Å². The van der Waals surface area contributed by atoms with Crippen molar-refractivity contribution in [2.75, 3.05) is 7.11 Å². The van der Waals surface area contributed by atoms with Crippen molar-refractivity contribution < 1.29 is 4.74 Å². The van der Waals surface area contributed by atoms with Crippen molar-refractivity contribution in [3.8, 4) is 5.88 Å². The van der Waals surface area contributed by atoms with Gasteiger partial charge in [-0.25, -0.2) is 9.97 Å². The first-order chi connectivity index (χ1) is 7.33. The fourth-order valence-corrected chi connectivity index (χ4v) is 1.62. The smallest absolute Gasteiger partial charge is 0.216 e. The number of hydrogen-bond donors (Lipinski definition) is 2. The number of aromatic nitrogens is 2. The van der Waals surface area contributed by atoms with Gasteiger partial charge >= 0.3 is 0 Å². The van der Waals surface area contributed by atoms with E-state index in [0.717, 1.165) is 18.0 Å². The van der Waals surface area contributed by atoms with Gasteiger partial charge in [-0.2, -0.15) is 0 Å². The van der Waals surface area contributed by atoms with Gasteiger partial charge in [-0.1, -0.05) is 12.8 Å². The molecule has 1 aliphatic rings. The summed E-state index contributed by atoms with van der Waals surface area (Å²) < 4.78 is 5.05. The minimum absolute atomic E-state index is 0.106. The maximum Gasteiger partial charge on any atom is 0.216 e. The fourth-order valence-electron chi connectivity index (χ4n) is 1.62. The number of ether oxygens (including phenoxy) is 1. The largest absolute Gasteiger partial charge is 0.481 e. The van der Waals surface area contributed by atoms with Crippen LogP contribution in [0.4, 0.5) is 0 Å². The second-order valence-electron chi connectivity index (χ2n) is 3.88. The van der Waals surface area contributed by atoms with E-state index in [1.165, 1.54) is 19.2 Å². The van der Waals surface area contributed by atoms with E-state index in [4.69, 9.17) is 10.6 Å². The molecular weight excluding hydrogens is 192 g/mol. The molecule has 1 aromatic rings. The number of nitrogens with one attached hydrogen (secondary N) is 1. The molecule has 0 bridgehead atoms. The summed E-state index contributed by atoms with van der Waals surface area (Å²) in [6.45, 7) is 0. The van der Waals surface area contributed by atoms with Crippen LogP contribution < -0.4 is 16.0 Å². The molecule has 1 heterocycles. The third kappa shape index (κ3) is 2.64. The predicted molar refractivity (Wildman–Crippen MR) is 56.0 cm³/mol. The second kappa shape index (κ2) is 4.55. The van der Waals surface area contributed by atoms with E-state index < -0.39 is 0 Å². The van der Waals surface area contributed by atoms with Gasteiger partial charge in [-0.3, -0.25) is 11.3 Å². The molecule has 0 saturated heterocycles. The molecule has 1 aromatic heterocycles. The molecule has 0 aromatic carbocycles. The highest BCUT2D eigenvalue weighted by molar-refractivity contribution is 5.16. The third-order valence-electron chi connectivity index (χ3n) is 2.70. The first-order valence-corrected chi connectivity index (χ1v) is 5.15. The quantitative estimate of drug-likeness (QED) is 0.553. The van der Waals surface area contributed by atoms with Crippen LogP contribution in [-0.2, 0) is 0 Å². The van der Waals surface area contributed by atoms with E-state index in [2.05, 4.69) is 15.4 Å². The SMILES string of the molecule is COc1cc(C(CC2CC2)NN)ncn1. The second-order valence-corrected chi connectivity index (χ2v) is 3.88. The third-order valence-corrected chi connectivity index (χ3v) is 2.70. The van der Waals surface area contributed by atoms with Gasteiger partial charge in [-0.05, 0) is 12.3 Å². The lowest BCUT2D eigenvalue weighted by atomic mass is 10.1. The summed E-state index contributed by atoms with van der Waals surface area (Å²) in [5.74, 6) is 6.90. The van der Waals surface area contributed by atoms with Gasteiger partial charge in [0.2, 0.25) is 5.88 Å². The maximum atomic E-state index is 5.52. The Bertz CT molecular complexity index is 327. The van der Waals surface area contributed by atoms with Crippen LogP contribution in [0.25, 0.3) is 0 Å². The Labute approximate surface area is 89.0 Å². The molecule has 0 radical (unpaired) electrons. The van der Waals surface area contributed by atoms with Gasteiger partial charge < -0.3 is 4.74 Å². The van der Waals surface area contributed by atoms with Crippen molar-refractivity contribution in [1.29, 1.82) is 0 Å². The van der Waals surface area contributed by atoms with Crippen LogP contribution in [0.2, 0.25) is 0 Å². The topological polar surface area (TPSA) is 73.1 Å². The molecule has 1 atom stereocenters. The molecule has 5 heteroatoms. The average molecular weight is 208 g/mol. The van der Waals surface area contributed by atoms with E-state index in [9.17, 15) is 0 Å². The van der Waals surface area contributed by atoms with E-state index in [1.54, 1.807) is 7.11 Å². The van der Waals surface area contributed by atoms with Crippen molar-refractivity contribution in [2.24, 2.45) is 11.8 Å². The van der Waals surface area contributed by atoms with Gasteiger partial charge in [0.25, 0.3) is 0 Å². The summed E-state index contributed by atoms with van der Waals surface area (Å²) in [7, 11) is 1.60. The summed E-state index contributed by atoms with van der Waals surface area (Å²) in [6.07, 6.45) is 5.16. The Kier molecular flexibility index (Phi) is 3.13. The molecule has 15 heavy (non-hydrogen) atoms. The van der Waals surface area contributed by atoms with E-state index >= 15 is 0 Å². The van der Waals surface area contributed by atoms with E-state index in [0.29, 0.717) is 5.88 Å². The van der Waals surface area contributed by atoms with E-state index in [1.807, 2.05) is 6.07 Å². The Morgan fingerprint density at radius 1 is 1.60 bits per heavy atom. The number of nitrogens with two attached hydrogens (primary N) is 1. The highest BCUT2D eigenvalue weighted by atomic mass is 16.5. The normalized spacial score (nSPS) is 17.5. The predicted octanol–water partition coefficient (Wildman–Crippen LogP) is 0.790. The number of hydrazine groups is 1. The molecule has 1 aliphatic carbocycles. The molecule has 0 amide bonds. The van der Waals surface area contributed by atoms with Crippen molar-refractivity contribution >= 4 is 0 Å². The Morgan fingerprint density at radius 2 is 2.40 bits per heavy atom. The maximum absolute atomic E-state index is 5.52. The lowest BCUT2D eigenvalue weighted by Gasteiger charge is -2.14. The van der Waals surface area contributed by atoms with Crippen molar-refractivity contribution in [3.05, 3.63) is 18.1 Å². The zero-order valence-corrected chi connectivity index (χ0v) is 8.81. The number of methoxy groups -OCH3 is 1. The molecule has 1 fully saturated rings. The van der Waals surface area contributed by atoms with Gasteiger partial charge in [0.15, 0.2) is 0 Å². The first kappa shape index (κ1) is 10.3. The molecule has 3 N–H and O–H groups in total. The minimum atomic E-state index is 0.106. The van der Waals surface area contributed by atoms with Crippen LogP contribution in [0.15, 0.2) is 12.4 Å². The summed E-state index contributed by atoms with van der Waals surface area (Å²) >= 11 is 0. The Balaban J connectivity index is 2.09. The molecule has 5 nitrogen and oxygen atoms in total. The lowest BCUT2D eigenvalue weighted by molar-refractivity contribution is 0.392. The standard InChI is InChI=1S/C10H16N4O/c1-15-10-5-8(12-6-13-10)9(14-11)4-7-2-3-7/h5-7,9,14H,2-4,11H2,1H3. The van der Waals surface area contributed by atoms with Gasteiger partial charge in [0, 0.05) is 6.07 Å². The molecular formula is C10H16N4O. The lowest BCUT2D eigenvalue weighted by Crippen LogP contribution is -2.29. The van der Waals surface area contributed by atoms with Gasteiger partial charge in [-0.15, -0.1) is 0 Å². The van der Waals surface area contributed by atoms with Crippen molar-refractivity contribution in [3.63, 3.8) is 0 Å². The van der Waals surface area contributed by atoms with Crippen LogP contribution in [0.5, 0.6) is 5.88 Å². The zero-order valence-electron chi connectivity index (χ0n) is 8.81. The van der Waals surface area contributed by atoms with Crippen LogP contribution in [0.3, 0.4) is 0 Å². The monoisotopic (exact) mass is 208 g/mol. The highest BCUT2D eigenvalue weighted by Crippen LogP contribution is 2.37. The number of nitrogens with zero attached hydrogens (tertiary/aromatic N) is 2. The summed E-state index contributed by atoms with van der Waals surface area (Å²) in [6, 6.07) is 1.93. The van der Waals surface area contributed by atoms with Crippen LogP contribution in [0.1, 0.15) is 31.0 Å². The van der Waals surface area contributed by atoms with Crippen molar-refractivity contribution in [2.45, 2.75) is 25.3 Å². The number of rotatable bonds is 5. The van der Waals surface area contributed by atoms with E-state index in [-0.39, 0.29) is 6.04 Å². The van der Waals surface area contributed by atoms with Gasteiger partial charge in [0.1, 0.15) is 6.33 Å². The first-order valence-electron chi connectivity index (χ1n) is 5.15. The molecule has 2 rings (SSSR count). The summed E-state index contributed by atoms with van der Waals surface area (Å²) in [5, 5.41) is 0. The number of hydrogen-bond acceptors (Lipinski definition) is 5. The summed E-state index contributed by atoms with van der Waals surface area (Å²) in [4.78, 5) is 8.17. The minimum Gasteiger partial charge on any atom is -0.481 e. The van der Waals surface area contributed by atoms with Crippen LogP contribution >= 0.6 is 0 Å². The molecule has 1 saturated carbocycles. The highest BCUT2D eigenvalue weighted by Gasteiger charge is 2.26. The van der Waals surface area contributed by atoms with Crippen LogP contribution in [0, 0.1) is 5.92 Å². The Hall–Kier alpha value is -1.20. The molecule has 0 spiro atoms. The van der Waals surface area contributed by atoms with Crippen LogP contribution in [-0.4, -0.2) is 17.1 Å². The molecule has 0 aliphatic heterocycles. The Morgan fingerprint density at radius 3 is 3.00 bits per heavy atom. The van der Waals surface area contributed by atoms with Gasteiger partial charge in [0.05, 0.1) is 18.8 Å². The zero-order chi connectivity index (χ0) is 10.7. The fraction of sp³-hybridized carbons (Fsp3) is 0.600. The average Bonchev–Trinajstić information content (AvgIpc) is 3.10. The molecule has 1 unspecified atom stereocenters. The molecule has 82 valence electrons.